The highest BCUT2D eigenvalue weighted by Gasteiger charge is 2.13. The molecule has 4 N–H and O–H groups in total. The van der Waals surface area contributed by atoms with Gasteiger partial charge >= 0.3 is 6.03 Å². The van der Waals surface area contributed by atoms with Crippen LogP contribution < -0.4 is 16.4 Å². The fourth-order valence-corrected chi connectivity index (χ4v) is 3.05. The van der Waals surface area contributed by atoms with E-state index in [1.807, 2.05) is 43.3 Å². The van der Waals surface area contributed by atoms with Crippen molar-refractivity contribution in [1.29, 1.82) is 0 Å². The van der Waals surface area contributed by atoms with E-state index in [9.17, 15) is 4.79 Å². The lowest BCUT2D eigenvalue weighted by molar-refractivity contribution is -0.0390. The van der Waals surface area contributed by atoms with Crippen molar-refractivity contribution in [2.45, 2.75) is 39.0 Å². The van der Waals surface area contributed by atoms with Crippen molar-refractivity contribution in [3.63, 3.8) is 0 Å². The van der Waals surface area contributed by atoms with Crippen LogP contribution in [0.5, 0.6) is 0 Å². The van der Waals surface area contributed by atoms with E-state index in [2.05, 4.69) is 10.6 Å². The van der Waals surface area contributed by atoms with E-state index < -0.39 is 0 Å². The Morgan fingerprint density at radius 1 is 1.15 bits per heavy atom. The first-order valence-corrected chi connectivity index (χ1v) is 9.28. The van der Waals surface area contributed by atoms with Crippen molar-refractivity contribution < 1.29 is 14.3 Å². The highest BCUT2D eigenvalue weighted by atomic mass is 16.5. The molecule has 0 bridgehead atoms. The number of ether oxygens (including phenoxy) is 2. The van der Waals surface area contributed by atoms with E-state index in [4.69, 9.17) is 15.2 Å². The molecular weight excluding hydrogens is 342 g/mol. The Morgan fingerprint density at radius 3 is 2.56 bits per heavy atom. The third-order valence-corrected chi connectivity index (χ3v) is 4.49. The van der Waals surface area contributed by atoms with Gasteiger partial charge in [-0.1, -0.05) is 24.3 Å². The van der Waals surface area contributed by atoms with E-state index in [0.717, 1.165) is 42.7 Å². The van der Waals surface area contributed by atoms with Gasteiger partial charge in [0.05, 0.1) is 12.7 Å². The van der Waals surface area contributed by atoms with Gasteiger partial charge < -0.3 is 25.8 Å². The normalized spacial score (nSPS) is 14.7. The Morgan fingerprint density at radius 2 is 1.85 bits per heavy atom. The molecule has 0 spiro atoms. The number of nitrogen functional groups attached to an aromatic ring is 1. The summed E-state index contributed by atoms with van der Waals surface area (Å²) in [4.78, 5) is 12.1. The van der Waals surface area contributed by atoms with Crippen LogP contribution in [-0.4, -0.2) is 25.3 Å². The fraction of sp³-hybridized carbons (Fsp3) is 0.381. The third kappa shape index (κ3) is 6.27. The molecule has 1 saturated heterocycles. The molecule has 6 nitrogen and oxygen atoms in total. The lowest BCUT2D eigenvalue weighted by Crippen LogP contribution is -2.28. The Labute approximate surface area is 160 Å². The first-order valence-electron chi connectivity index (χ1n) is 9.28. The SMILES string of the molecule is Cc1cc(N)cc(NC(=O)NCc2ccc(COC3CCOCC3)cc2)c1. The average molecular weight is 369 g/mol. The summed E-state index contributed by atoms with van der Waals surface area (Å²) in [6.45, 7) is 4.56. The van der Waals surface area contributed by atoms with Crippen molar-refractivity contribution in [3.8, 4) is 0 Å². The molecule has 0 radical (unpaired) electrons. The summed E-state index contributed by atoms with van der Waals surface area (Å²) in [5, 5.41) is 5.66. The van der Waals surface area contributed by atoms with E-state index >= 15 is 0 Å². The number of aryl methyl sites for hydroxylation is 1. The van der Waals surface area contributed by atoms with Crippen molar-refractivity contribution in [2.24, 2.45) is 0 Å². The second-order valence-corrected chi connectivity index (χ2v) is 6.88. The first kappa shape index (κ1) is 19.2. The Balaban J connectivity index is 1.43. The average Bonchev–Trinajstić information content (AvgIpc) is 2.65. The number of anilines is 2. The Bertz CT molecular complexity index is 736. The van der Waals surface area contributed by atoms with Crippen LogP contribution in [0.25, 0.3) is 0 Å². The number of hydrogen-bond donors (Lipinski definition) is 3. The molecule has 0 saturated carbocycles. The van der Waals surface area contributed by atoms with Crippen LogP contribution >= 0.6 is 0 Å². The number of hydrogen-bond acceptors (Lipinski definition) is 4. The number of nitrogens with two attached hydrogens (primary N) is 1. The molecule has 27 heavy (non-hydrogen) atoms. The van der Waals surface area contributed by atoms with Gasteiger partial charge in [0, 0.05) is 31.1 Å². The quantitative estimate of drug-likeness (QED) is 0.679. The van der Waals surface area contributed by atoms with E-state index in [0.29, 0.717) is 30.6 Å². The second kappa shape index (κ2) is 9.39. The maximum absolute atomic E-state index is 12.1. The molecule has 0 aromatic heterocycles. The smallest absolute Gasteiger partial charge is 0.319 e. The van der Waals surface area contributed by atoms with Crippen molar-refractivity contribution in [3.05, 3.63) is 59.2 Å². The van der Waals surface area contributed by atoms with Gasteiger partial charge in [0.1, 0.15) is 0 Å². The number of amides is 2. The molecule has 1 aliphatic rings. The zero-order valence-electron chi connectivity index (χ0n) is 15.7. The lowest BCUT2D eigenvalue weighted by Gasteiger charge is -2.22. The van der Waals surface area contributed by atoms with E-state index in [1.165, 1.54) is 0 Å². The molecule has 1 fully saturated rings. The molecule has 2 aromatic rings. The van der Waals surface area contributed by atoms with Gasteiger partial charge in [-0.25, -0.2) is 4.79 Å². The summed E-state index contributed by atoms with van der Waals surface area (Å²) in [5.74, 6) is 0. The van der Waals surface area contributed by atoms with Crippen molar-refractivity contribution in [1.82, 2.24) is 5.32 Å². The lowest BCUT2D eigenvalue weighted by atomic mass is 10.1. The van der Waals surface area contributed by atoms with E-state index in [1.54, 1.807) is 6.07 Å². The van der Waals surface area contributed by atoms with Crippen LogP contribution in [0.4, 0.5) is 16.2 Å². The summed E-state index contributed by atoms with van der Waals surface area (Å²) in [6, 6.07) is 13.3. The number of rotatable bonds is 6. The predicted molar refractivity (Wildman–Crippen MR) is 107 cm³/mol. The fourth-order valence-electron chi connectivity index (χ4n) is 3.05. The van der Waals surface area contributed by atoms with Gasteiger partial charge in [-0.05, 0) is 54.7 Å². The van der Waals surface area contributed by atoms with Gasteiger partial charge in [-0.2, -0.15) is 0 Å². The van der Waals surface area contributed by atoms with Crippen molar-refractivity contribution in [2.75, 3.05) is 24.3 Å². The highest BCUT2D eigenvalue weighted by Crippen LogP contribution is 2.16. The highest BCUT2D eigenvalue weighted by molar-refractivity contribution is 5.89. The van der Waals surface area contributed by atoms with Crippen LogP contribution in [-0.2, 0) is 22.6 Å². The zero-order valence-corrected chi connectivity index (χ0v) is 15.7. The maximum atomic E-state index is 12.1. The molecule has 144 valence electrons. The summed E-state index contributed by atoms with van der Waals surface area (Å²) in [5.41, 5.74) is 10.3. The summed E-state index contributed by atoms with van der Waals surface area (Å²) < 4.78 is 11.3. The Kier molecular flexibility index (Phi) is 6.68. The summed E-state index contributed by atoms with van der Waals surface area (Å²) in [6.07, 6.45) is 2.22. The number of carbonyl (C=O) groups is 1. The standard InChI is InChI=1S/C21H27N3O3/c1-15-10-18(22)12-19(11-15)24-21(25)23-13-16-2-4-17(5-3-16)14-27-20-6-8-26-9-7-20/h2-5,10-12,20H,6-9,13-14,22H2,1H3,(H2,23,24,25). The predicted octanol–water partition coefficient (Wildman–Crippen LogP) is 3.59. The monoisotopic (exact) mass is 369 g/mol. The molecule has 1 aliphatic heterocycles. The number of carbonyl (C=O) groups excluding carboxylic acids is 1. The summed E-state index contributed by atoms with van der Waals surface area (Å²) in [7, 11) is 0. The molecule has 0 atom stereocenters. The van der Waals surface area contributed by atoms with Gasteiger partial charge in [0.2, 0.25) is 0 Å². The van der Waals surface area contributed by atoms with Crippen LogP contribution in [0.1, 0.15) is 29.5 Å². The summed E-state index contributed by atoms with van der Waals surface area (Å²) >= 11 is 0. The van der Waals surface area contributed by atoms with E-state index in [-0.39, 0.29) is 6.03 Å². The molecule has 3 rings (SSSR count). The second-order valence-electron chi connectivity index (χ2n) is 6.88. The largest absolute Gasteiger partial charge is 0.399 e. The van der Waals surface area contributed by atoms with Gasteiger partial charge in [-0.15, -0.1) is 0 Å². The molecule has 0 unspecified atom stereocenters. The molecule has 2 aromatic carbocycles. The van der Waals surface area contributed by atoms with Crippen LogP contribution in [0.15, 0.2) is 42.5 Å². The molecule has 0 aliphatic carbocycles. The minimum Gasteiger partial charge on any atom is -0.399 e. The van der Waals surface area contributed by atoms with Crippen LogP contribution in [0.2, 0.25) is 0 Å². The first-order chi connectivity index (χ1) is 13.1. The Hall–Kier alpha value is -2.57. The number of urea groups is 1. The molecule has 1 heterocycles. The van der Waals surface area contributed by atoms with Crippen LogP contribution in [0.3, 0.4) is 0 Å². The van der Waals surface area contributed by atoms with Gasteiger partial charge in [0.15, 0.2) is 0 Å². The number of nitrogens with one attached hydrogen (secondary N) is 2. The number of benzene rings is 2. The third-order valence-electron chi connectivity index (χ3n) is 4.49. The molecule has 2 amide bonds. The van der Waals surface area contributed by atoms with Crippen LogP contribution in [0, 0.1) is 6.92 Å². The van der Waals surface area contributed by atoms with Crippen molar-refractivity contribution >= 4 is 17.4 Å². The zero-order chi connectivity index (χ0) is 19.1. The van der Waals surface area contributed by atoms with Gasteiger partial charge in [-0.3, -0.25) is 0 Å². The molecular formula is C21H27N3O3. The maximum Gasteiger partial charge on any atom is 0.319 e. The molecule has 6 heteroatoms. The minimum absolute atomic E-state index is 0.257. The minimum atomic E-state index is -0.257. The van der Waals surface area contributed by atoms with Gasteiger partial charge in [0.25, 0.3) is 0 Å². The topological polar surface area (TPSA) is 85.6 Å².